The Morgan fingerprint density at radius 3 is 2.84 bits per heavy atom. The number of hydrogen-bond acceptors (Lipinski definition) is 6. The number of carbonyl (C=O) groups excluding carboxylic acids is 2. The second kappa shape index (κ2) is 8.89. The Hall–Kier alpha value is -3.56. The van der Waals surface area contributed by atoms with E-state index in [1.807, 2.05) is 20.8 Å². The molecule has 0 saturated carbocycles. The maximum absolute atomic E-state index is 14.3. The molecule has 5 rings (SSSR count). The van der Waals surface area contributed by atoms with Crippen molar-refractivity contribution in [3.8, 4) is 0 Å². The molecular weight excluding hydrogens is 415 g/mol. The van der Waals surface area contributed by atoms with Crippen LogP contribution in [0.25, 0.3) is 5.65 Å². The summed E-state index contributed by atoms with van der Waals surface area (Å²) in [6.07, 6.45) is 4.43. The lowest BCUT2D eigenvalue weighted by molar-refractivity contribution is 0.0939. The van der Waals surface area contributed by atoms with Crippen molar-refractivity contribution in [2.24, 2.45) is 0 Å². The van der Waals surface area contributed by atoms with Crippen LogP contribution in [0.5, 0.6) is 0 Å². The molecule has 2 atom stereocenters. The number of cyclic esters (lactones) is 1. The van der Waals surface area contributed by atoms with Crippen LogP contribution in [0.15, 0.2) is 30.6 Å². The van der Waals surface area contributed by atoms with Gasteiger partial charge in [-0.1, -0.05) is 13.8 Å². The summed E-state index contributed by atoms with van der Waals surface area (Å²) in [5.74, 6) is -0.427. The Bertz CT molecular complexity index is 1160. The molecule has 5 heterocycles. The van der Waals surface area contributed by atoms with Gasteiger partial charge in [-0.05, 0) is 44.4 Å². The van der Waals surface area contributed by atoms with Crippen molar-refractivity contribution in [1.82, 2.24) is 24.9 Å². The number of nitrogens with one attached hydrogen (secondary N) is 1. The molecule has 3 aromatic rings. The second-order valence-electron chi connectivity index (χ2n) is 7.54. The topological polar surface area (TPSA) is 102 Å². The van der Waals surface area contributed by atoms with Crippen LogP contribution in [-0.4, -0.2) is 44.2 Å². The Morgan fingerprint density at radius 2 is 2.03 bits per heavy atom. The molecule has 32 heavy (non-hydrogen) atoms. The minimum absolute atomic E-state index is 0.0330. The Balaban J connectivity index is 0.00000119. The number of nitrogens with zero attached hydrogens (tertiary/aromatic N) is 5. The Kier molecular flexibility index (Phi) is 6.02. The Morgan fingerprint density at radius 1 is 1.22 bits per heavy atom. The number of anilines is 1. The van der Waals surface area contributed by atoms with Crippen LogP contribution in [0, 0.1) is 5.82 Å². The molecule has 2 unspecified atom stereocenters. The fourth-order valence-corrected chi connectivity index (χ4v) is 3.88. The van der Waals surface area contributed by atoms with Gasteiger partial charge in [-0.25, -0.2) is 23.6 Å². The first kappa shape index (κ1) is 21.7. The third kappa shape index (κ3) is 4.00. The van der Waals surface area contributed by atoms with Crippen LogP contribution < -0.4 is 10.2 Å². The zero-order chi connectivity index (χ0) is 22.8. The highest BCUT2D eigenvalue weighted by atomic mass is 19.1. The van der Waals surface area contributed by atoms with E-state index in [2.05, 4.69) is 20.4 Å². The summed E-state index contributed by atoms with van der Waals surface area (Å²) in [5.41, 5.74) is 1.63. The minimum atomic E-state index is -0.619. The van der Waals surface area contributed by atoms with E-state index >= 15 is 0 Å². The van der Waals surface area contributed by atoms with E-state index in [-0.39, 0.29) is 24.4 Å². The van der Waals surface area contributed by atoms with Crippen LogP contribution in [0.1, 0.15) is 61.4 Å². The van der Waals surface area contributed by atoms with Gasteiger partial charge < -0.3 is 10.1 Å². The summed E-state index contributed by atoms with van der Waals surface area (Å²) in [6.45, 7) is 5.95. The predicted octanol–water partition coefficient (Wildman–Crippen LogP) is 3.44. The largest absolute Gasteiger partial charge is 0.446 e. The monoisotopic (exact) mass is 440 g/mol. The molecule has 2 aliphatic rings. The van der Waals surface area contributed by atoms with E-state index in [0.29, 0.717) is 35.4 Å². The number of amides is 2. The number of pyridine rings is 1. The molecular formula is C22H25FN6O3. The minimum Gasteiger partial charge on any atom is -0.446 e. The average molecular weight is 440 g/mol. The van der Waals surface area contributed by atoms with Crippen molar-refractivity contribution in [3.63, 3.8) is 0 Å². The van der Waals surface area contributed by atoms with Crippen molar-refractivity contribution in [3.05, 3.63) is 53.4 Å². The lowest BCUT2D eigenvalue weighted by Crippen LogP contribution is -2.32. The van der Waals surface area contributed by atoms with Crippen molar-refractivity contribution in [1.29, 1.82) is 0 Å². The van der Waals surface area contributed by atoms with Gasteiger partial charge in [0.05, 0.1) is 11.9 Å². The molecule has 2 amide bonds. The molecule has 9 nitrogen and oxygen atoms in total. The molecule has 2 aliphatic heterocycles. The van der Waals surface area contributed by atoms with E-state index < -0.39 is 18.0 Å². The molecule has 0 aliphatic carbocycles. The van der Waals surface area contributed by atoms with Crippen LogP contribution in [0.2, 0.25) is 0 Å². The van der Waals surface area contributed by atoms with Crippen molar-refractivity contribution >= 4 is 23.5 Å². The van der Waals surface area contributed by atoms with Crippen LogP contribution >= 0.6 is 0 Å². The number of rotatable bonds is 0. The first-order valence-corrected chi connectivity index (χ1v) is 10.8. The van der Waals surface area contributed by atoms with E-state index in [4.69, 9.17) is 4.74 Å². The quantitative estimate of drug-likeness (QED) is 0.575. The summed E-state index contributed by atoms with van der Waals surface area (Å²) in [7, 11) is 0. The zero-order valence-corrected chi connectivity index (χ0v) is 18.2. The van der Waals surface area contributed by atoms with E-state index in [0.717, 1.165) is 6.42 Å². The van der Waals surface area contributed by atoms with Gasteiger partial charge in [0.15, 0.2) is 5.65 Å². The normalized spacial score (nSPS) is 20.6. The fraction of sp³-hybridized carbons (Fsp3) is 0.409. The molecule has 1 fully saturated rings. The van der Waals surface area contributed by atoms with Gasteiger partial charge in [-0.15, -0.1) is 0 Å². The fourth-order valence-electron chi connectivity index (χ4n) is 3.88. The number of hydrogen-bond donors (Lipinski definition) is 1. The van der Waals surface area contributed by atoms with Gasteiger partial charge in [-0.2, -0.15) is 5.10 Å². The first-order chi connectivity index (χ1) is 15.5. The molecule has 3 aromatic heterocycles. The van der Waals surface area contributed by atoms with E-state index in [9.17, 15) is 14.0 Å². The molecule has 4 bridgehead atoms. The lowest BCUT2D eigenvalue weighted by atomic mass is 10.1. The maximum atomic E-state index is 14.3. The number of fused-ring (bicyclic) bond motifs is 6. The number of aryl methyl sites for hydroxylation is 1. The predicted molar refractivity (Wildman–Crippen MR) is 115 cm³/mol. The smallest absolute Gasteiger partial charge is 0.416 e. The first-order valence-electron chi connectivity index (χ1n) is 10.8. The molecule has 1 saturated heterocycles. The van der Waals surface area contributed by atoms with Gasteiger partial charge in [0.25, 0.3) is 5.91 Å². The standard InChI is InChI=1S/C20H19FN6O3.C2H6/c1-11-3-2-4-13-7-12(21)8-15(24-13)16-10-30-20(29)27(16)17-5-6-26-18(25-17)14(9-22-26)19(28)23-11;1-2/h5-9,11,16H,2-4,10H2,1H3,(H,23,28);1-2H3. The third-order valence-corrected chi connectivity index (χ3v) is 5.37. The highest BCUT2D eigenvalue weighted by molar-refractivity contribution is 6.00. The van der Waals surface area contributed by atoms with Crippen LogP contribution in [0.4, 0.5) is 15.0 Å². The highest BCUT2D eigenvalue weighted by Crippen LogP contribution is 2.32. The van der Waals surface area contributed by atoms with Gasteiger partial charge in [0.2, 0.25) is 0 Å². The molecule has 0 aromatic carbocycles. The summed E-state index contributed by atoms with van der Waals surface area (Å²) in [4.78, 5) is 35.7. The van der Waals surface area contributed by atoms with Crippen molar-refractivity contribution in [2.75, 3.05) is 11.5 Å². The summed E-state index contributed by atoms with van der Waals surface area (Å²) >= 11 is 0. The summed E-state index contributed by atoms with van der Waals surface area (Å²) in [5, 5.41) is 7.12. The Labute approximate surface area is 184 Å². The number of aromatic nitrogens is 4. The van der Waals surface area contributed by atoms with Crippen LogP contribution in [0.3, 0.4) is 0 Å². The molecule has 1 N–H and O–H groups in total. The summed E-state index contributed by atoms with van der Waals surface area (Å²) in [6, 6.07) is 3.60. The third-order valence-electron chi connectivity index (χ3n) is 5.37. The van der Waals surface area contributed by atoms with E-state index in [1.54, 1.807) is 12.3 Å². The molecule has 0 spiro atoms. The van der Waals surface area contributed by atoms with E-state index in [1.165, 1.54) is 27.7 Å². The number of halogens is 1. The summed E-state index contributed by atoms with van der Waals surface area (Å²) < 4.78 is 21.0. The van der Waals surface area contributed by atoms with Gasteiger partial charge in [-0.3, -0.25) is 9.78 Å². The van der Waals surface area contributed by atoms with Gasteiger partial charge >= 0.3 is 6.09 Å². The van der Waals surface area contributed by atoms with Crippen LogP contribution in [-0.2, 0) is 11.2 Å². The average Bonchev–Trinajstić information content (AvgIpc) is 3.37. The van der Waals surface area contributed by atoms with Gasteiger partial charge in [0.1, 0.15) is 29.8 Å². The number of ether oxygens (including phenoxy) is 1. The van der Waals surface area contributed by atoms with Crippen molar-refractivity contribution < 1.29 is 18.7 Å². The highest BCUT2D eigenvalue weighted by Gasteiger charge is 2.38. The van der Waals surface area contributed by atoms with Crippen molar-refractivity contribution in [2.45, 2.75) is 52.1 Å². The molecule has 0 radical (unpaired) electrons. The zero-order valence-electron chi connectivity index (χ0n) is 18.2. The molecule has 10 heteroatoms. The number of carbonyl (C=O) groups is 2. The lowest BCUT2D eigenvalue weighted by Gasteiger charge is -2.20. The van der Waals surface area contributed by atoms with Gasteiger partial charge in [0, 0.05) is 17.9 Å². The maximum Gasteiger partial charge on any atom is 0.416 e. The molecule has 168 valence electrons. The second-order valence-corrected chi connectivity index (χ2v) is 7.54. The SMILES string of the molecule is CC.CC1CCCc2cc(F)cc(n2)C2COC(=O)N2c2ccn3ncc(c3n2)C(=O)N1.